The van der Waals surface area contributed by atoms with E-state index in [1.165, 1.54) is 11.0 Å². The lowest BCUT2D eigenvalue weighted by atomic mass is 10.1. The van der Waals surface area contributed by atoms with Gasteiger partial charge in [0.15, 0.2) is 0 Å². The molecule has 1 atom stereocenters. The second-order valence-electron chi connectivity index (χ2n) is 4.66. The molecule has 10 heteroatoms. The van der Waals surface area contributed by atoms with E-state index < -0.39 is 18.0 Å². The number of aromatic nitrogens is 4. The van der Waals surface area contributed by atoms with E-state index in [1.807, 2.05) is 0 Å². The lowest BCUT2D eigenvalue weighted by Crippen LogP contribution is -2.45. The van der Waals surface area contributed by atoms with E-state index in [-0.39, 0.29) is 6.54 Å². The molecule has 1 heterocycles. The van der Waals surface area contributed by atoms with Crippen LogP contribution < -0.4 is 10.6 Å². The van der Waals surface area contributed by atoms with E-state index in [2.05, 4.69) is 26.2 Å². The Hall–Kier alpha value is -2.68. The van der Waals surface area contributed by atoms with Crippen LogP contribution in [0.4, 0.5) is 4.79 Å². The third-order valence-corrected chi connectivity index (χ3v) is 3.35. The maximum atomic E-state index is 12.0. The summed E-state index contributed by atoms with van der Waals surface area (Å²) in [5.41, 5.74) is 1.36. The van der Waals surface area contributed by atoms with E-state index in [0.717, 1.165) is 0 Å². The van der Waals surface area contributed by atoms with Crippen molar-refractivity contribution in [3.63, 3.8) is 0 Å². The Morgan fingerprint density at radius 1 is 1.43 bits per heavy atom. The molecule has 2 rings (SSSR count). The molecule has 9 nitrogen and oxygen atoms in total. The van der Waals surface area contributed by atoms with Gasteiger partial charge < -0.3 is 15.7 Å². The van der Waals surface area contributed by atoms with Crippen LogP contribution in [-0.2, 0) is 11.3 Å². The summed E-state index contributed by atoms with van der Waals surface area (Å²) in [6.45, 7) is 1.87. The van der Waals surface area contributed by atoms with Crippen molar-refractivity contribution >= 4 is 23.6 Å². The average molecular weight is 339 g/mol. The summed E-state index contributed by atoms with van der Waals surface area (Å²) in [5.74, 6) is -0.419. The van der Waals surface area contributed by atoms with E-state index in [4.69, 9.17) is 16.7 Å². The van der Waals surface area contributed by atoms with Crippen molar-refractivity contribution in [1.82, 2.24) is 30.8 Å². The molecule has 0 saturated carbocycles. The van der Waals surface area contributed by atoms with Gasteiger partial charge in [-0.25, -0.2) is 9.48 Å². The van der Waals surface area contributed by atoms with Gasteiger partial charge in [0.05, 0.1) is 5.69 Å². The van der Waals surface area contributed by atoms with Crippen LogP contribution in [0.25, 0.3) is 5.69 Å². The summed E-state index contributed by atoms with van der Waals surface area (Å²) in [7, 11) is 0. The number of hydrogen-bond donors (Lipinski definition) is 3. The van der Waals surface area contributed by atoms with Crippen LogP contribution in [0.2, 0.25) is 5.02 Å². The molecule has 0 radical (unpaired) electrons. The Balaban J connectivity index is 2.12. The van der Waals surface area contributed by atoms with Crippen molar-refractivity contribution in [3.8, 4) is 5.69 Å². The lowest BCUT2D eigenvalue weighted by molar-refractivity contribution is -0.123. The predicted molar refractivity (Wildman–Crippen MR) is 81.3 cm³/mol. The van der Waals surface area contributed by atoms with Crippen LogP contribution in [0.3, 0.4) is 0 Å². The zero-order valence-corrected chi connectivity index (χ0v) is 13.0. The summed E-state index contributed by atoms with van der Waals surface area (Å²) < 4.78 is 1.45. The third-order valence-electron chi connectivity index (χ3n) is 3.11. The highest BCUT2D eigenvalue weighted by Crippen LogP contribution is 2.18. The smallest absolute Gasteiger partial charge is 0.405 e. The highest BCUT2D eigenvalue weighted by atomic mass is 35.5. The molecule has 0 saturated heterocycles. The maximum absolute atomic E-state index is 12.0. The number of tetrazole rings is 1. The van der Waals surface area contributed by atoms with E-state index in [9.17, 15) is 9.59 Å². The number of halogens is 1. The molecule has 0 fully saturated rings. The van der Waals surface area contributed by atoms with Crippen LogP contribution in [0, 0.1) is 0 Å². The molecule has 3 N–H and O–H groups in total. The Morgan fingerprint density at radius 2 is 2.22 bits per heavy atom. The normalized spacial score (nSPS) is 11.7. The monoisotopic (exact) mass is 338 g/mol. The second kappa shape index (κ2) is 7.54. The molecule has 2 aromatic rings. The molecule has 1 unspecified atom stereocenters. The van der Waals surface area contributed by atoms with Gasteiger partial charge in [0.2, 0.25) is 5.91 Å². The van der Waals surface area contributed by atoms with Gasteiger partial charge in [-0.2, -0.15) is 0 Å². The highest BCUT2D eigenvalue weighted by Gasteiger charge is 2.18. The minimum atomic E-state index is -1.25. The van der Waals surface area contributed by atoms with Crippen LogP contribution in [0.1, 0.15) is 18.9 Å². The SMILES string of the molecule is CCC(NC(=O)O)C(=O)NCc1cc(Cl)ccc1-n1cnnn1. The Labute approximate surface area is 136 Å². The third kappa shape index (κ3) is 4.39. The number of amides is 2. The summed E-state index contributed by atoms with van der Waals surface area (Å²) in [4.78, 5) is 22.7. The number of benzene rings is 1. The van der Waals surface area contributed by atoms with Crippen molar-refractivity contribution in [3.05, 3.63) is 35.1 Å². The molecular weight excluding hydrogens is 324 g/mol. The molecule has 0 bridgehead atoms. The number of rotatable bonds is 6. The fraction of sp³-hybridized carbons (Fsp3) is 0.308. The molecule has 1 aromatic heterocycles. The zero-order chi connectivity index (χ0) is 16.8. The van der Waals surface area contributed by atoms with Gasteiger partial charge in [-0.05, 0) is 40.6 Å². The molecule has 2 amide bonds. The van der Waals surface area contributed by atoms with Gasteiger partial charge in [-0.1, -0.05) is 18.5 Å². The largest absolute Gasteiger partial charge is 0.465 e. The van der Waals surface area contributed by atoms with Crippen molar-refractivity contribution in [2.45, 2.75) is 25.9 Å². The van der Waals surface area contributed by atoms with Gasteiger partial charge in [0.25, 0.3) is 0 Å². The van der Waals surface area contributed by atoms with E-state index in [1.54, 1.807) is 25.1 Å². The first-order valence-corrected chi connectivity index (χ1v) is 7.18. The highest BCUT2D eigenvalue weighted by molar-refractivity contribution is 6.30. The van der Waals surface area contributed by atoms with Crippen LogP contribution in [0.15, 0.2) is 24.5 Å². The first-order chi connectivity index (χ1) is 11.0. The summed E-state index contributed by atoms with van der Waals surface area (Å²) in [5, 5.41) is 25.0. The number of nitrogens with one attached hydrogen (secondary N) is 2. The van der Waals surface area contributed by atoms with Gasteiger partial charge in [0, 0.05) is 11.6 Å². The molecule has 1 aromatic carbocycles. The fourth-order valence-electron chi connectivity index (χ4n) is 2.00. The van der Waals surface area contributed by atoms with Gasteiger partial charge >= 0.3 is 6.09 Å². The Kier molecular flexibility index (Phi) is 5.47. The Morgan fingerprint density at radius 3 is 2.83 bits per heavy atom. The van der Waals surface area contributed by atoms with Crippen LogP contribution in [0.5, 0.6) is 0 Å². The first kappa shape index (κ1) is 16.7. The van der Waals surface area contributed by atoms with Gasteiger partial charge in [-0.15, -0.1) is 5.10 Å². The molecule has 0 aliphatic rings. The molecule has 0 aliphatic heterocycles. The minimum Gasteiger partial charge on any atom is -0.465 e. The Bertz CT molecular complexity index is 691. The standard InChI is InChI=1S/C13H15ClN6O3/c1-2-10(17-13(22)23)12(21)15-6-8-5-9(14)3-4-11(8)20-7-16-18-19-20/h3-5,7,10,17H,2,6H2,1H3,(H,15,21)(H,22,23). The van der Waals surface area contributed by atoms with Crippen LogP contribution in [-0.4, -0.2) is 43.4 Å². The van der Waals surface area contributed by atoms with E-state index in [0.29, 0.717) is 22.7 Å². The van der Waals surface area contributed by atoms with Crippen molar-refractivity contribution in [1.29, 1.82) is 0 Å². The average Bonchev–Trinajstić information content (AvgIpc) is 3.04. The number of carboxylic acid groups (broad SMARTS) is 1. The fourth-order valence-corrected chi connectivity index (χ4v) is 2.19. The predicted octanol–water partition coefficient (Wildman–Crippen LogP) is 0.978. The van der Waals surface area contributed by atoms with Gasteiger partial charge in [-0.3, -0.25) is 4.79 Å². The van der Waals surface area contributed by atoms with E-state index >= 15 is 0 Å². The molecule has 0 spiro atoms. The minimum absolute atomic E-state index is 0.159. The topological polar surface area (TPSA) is 122 Å². The molecular formula is C13H15ClN6O3. The van der Waals surface area contributed by atoms with Crippen molar-refractivity contribution in [2.24, 2.45) is 0 Å². The number of carbonyl (C=O) groups excluding carboxylic acids is 1. The van der Waals surface area contributed by atoms with Crippen molar-refractivity contribution < 1.29 is 14.7 Å². The first-order valence-electron chi connectivity index (χ1n) is 6.80. The van der Waals surface area contributed by atoms with Crippen LogP contribution >= 0.6 is 11.6 Å². The molecule has 23 heavy (non-hydrogen) atoms. The number of carbonyl (C=O) groups is 2. The van der Waals surface area contributed by atoms with Gasteiger partial charge in [0.1, 0.15) is 12.4 Å². The summed E-state index contributed by atoms with van der Waals surface area (Å²) in [6.07, 6.45) is 0.521. The summed E-state index contributed by atoms with van der Waals surface area (Å²) >= 11 is 5.99. The number of nitrogens with zero attached hydrogens (tertiary/aromatic N) is 4. The molecule has 122 valence electrons. The summed E-state index contributed by atoms with van der Waals surface area (Å²) in [6, 6.07) is 4.28. The second-order valence-corrected chi connectivity index (χ2v) is 5.09. The number of hydrogen-bond acceptors (Lipinski definition) is 5. The molecule has 0 aliphatic carbocycles. The lowest BCUT2D eigenvalue weighted by Gasteiger charge is -2.16. The zero-order valence-electron chi connectivity index (χ0n) is 12.2. The van der Waals surface area contributed by atoms with Crippen molar-refractivity contribution in [2.75, 3.05) is 0 Å². The maximum Gasteiger partial charge on any atom is 0.405 e. The quantitative estimate of drug-likeness (QED) is 0.721.